The highest BCUT2D eigenvalue weighted by Crippen LogP contribution is 2.37. The molecule has 1 aromatic carbocycles. The number of carbonyl (C=O) groups excluding carboxylic acids is 3. The molecule has 2 heterocycles. The van der Waals surface area contributed by atoms with Crippen molar-refractivity contribution in [1.82, 2.24) is 5.06 Å². The number of hydrogen-bond acceptors (Lipinski definition) is 7. The number of carbonyl (C=O) groups is 3. The van der Waals surface area contributed by atoms with Gasteiger partial charge in [0.05, 0.1) is 5.56 Å². The molecule has 0 bridgehead atoms. The van der Waals surface area contributed by atoms with Crippen LogP contribution in [0, 0.1) is 0 Å². The van der Waals surface area contributed by atoms with Crippen LogP contribution < -0.4 is 10.5 Å². The maximum absolute atomic E-state index is 13.8. The van der Waals surface area contributed by atoms with Gasteiger partial charge in [0.1, 0.15) is 5.58 Å². The Labute approximate surface area is 167 Å². The lowest BCUT2D eigenvalue weighted by molar-refractivity contribution is -0.173. The molecule has 0 unspecified atom stereocenters. The zero-order valence-corrected chi connectivity index (χ0v) is 16.0. The number of rotatable bonds is 5. The topological polar surface area (TPSA) is 97.1 Å². The Hall–Kier alpha value is -3.37. The number of alkyl halides is 3. The van der Waals surface area contributed by atoms with Crippen LogP contribution in [0.4, 0.5) is 18.9 Å². The first-order valence-corrected chi connectivity index (χ1v) is 9.09. The number of anilines is 1. The zero-order chi connectivity index (χ0) is 22.2. The van der Waals surface area contributed by atoms with Gasteiger partial charge in [-0.05, 0) is 26.0 Å². The van der Waals surface area contributed by atoms with Gasteiger partial charge in [-0.1, -0.05) is 0 Å². The van der Waals surface area contributed by atoms with E-state index in [1.807, 2.05) is 18.7 Å². The molecule has 3 rings (SSSR count). The predicted octanol–water partition coefficient (Wildman–Crippen LogP) is 2.88. The molecule has 1 aliphatic rings. The Kier molecular flexibility index (Phi) is 5.55. The van der Waals surface area contributed by atoms with Gasteiger partial charge in [-0.15, -0.1) is 5.06 Å². The Morgan fingerprint density at radius 2 is 1.73 bits per heavy atom. The smallest absolute Gasteiger partial charge is 0.418 e. The van der Waals surface area contributed by atoms with Gasteiger partial charge in [0.15, 0.2) is 5.56 Å². The minimum Gasteiger partial charge on any atom is -0.422 e. The second-order valence-electron chi connectivity index (χ2n) is 6.45. The molecule has 0 saturated carbocycles. The van der Waals surface area contributed by atoms with Crippen LogP contribution in [0.25, 0.3) is 11.0 Å². The van der Waals surface area contributed by atoms with E-state index in [1.165, 1.54) is 12.1 Å². The van der Waals surface area contributed by atoms with E-state index >= 15 is 0 Å². The third-order valence-corrected chi connectivity index (χ3v) is 4.69. The monoisotopic (exact) mass is 426 g/mol. The summed E-state index contributed by atoms with van der Waals surface area (Å²) in [6, 6.07) is 3.78. The third kappa shape index (κ3) is 3.74. The first-order valence-electron chi connectivity index (χ1n) is 9.09. The van der Waals surface area contributed by atoms with Gasteiger partial charge in [0, 0.05) is 43.1 Å². The quantitative estimate of drug-likeness (QED) is 0.536. The Morgan fingerprint density at radius 3 is 2.27 bits per heavy atom. The summed E-state index contributed by atoms with van der Waals surface area (Å²) in [5.74, 6) is -3.58. The number of benzene rings is 1. The van der Waals surface area contributed by atoms with E-state index in [0.717, 1.165) is 6.07 Å². The van der Waals surface area contributed by atoms with Crippen molar-refractivity contribution in [2.24, 2.45) is 0 Å². The lowest BCUT2D eigenvalue weighted by Crippen LogP contribution is -2.35. The molecule has 30 heavy (non-hydrogen) atoms. The van der Waals surface area contributed by atoms with Crippen molar-refractivity contribution in [3.05, 3.63) is 39.7 Å². The number of hydroxylamine groups is 2. The first kappa shape index (κ1) is 21.3. The molecule has 1 saturated heterocycles. The van der Waals surface area contributed by atoms with Crippen LogP contribution in [-0.4, -0.2) is 35.9 Å². The van der Waals surface area contributed by atoms with Crippen LogP contribution in [0.2, 0.25) is 0 Å². The second-order valence-corrected chi connectivity index (χ2v) is 6.45. The lowest BCUT2D eigenvalue weighted by atomic mass is 10.0. The van der Waals surface area contributed by atoms with Crippen molar-refractivity contribution < 1.29 is 36.8 Å². The molecule has 11 heteroatoms. The van der Waals surface area contributed by atoms with E-state index in [9.17, 15) is 32.3 Å². The number of fused-ring (bicyclic) bond motifs is 1. The fraction of sp³-hybridized carbons (Fsp3) is 0.368. The Morgan fingerprint density at radius 1 is 1.13 bits per heavy atom. The summed E-state index contributed by atoms with van der Waals surface area (Å²) in [4.78, 5) is 54.2. The summed E-state index contributed by atoms with van der Waals surface area (Å²) < 4.78 is 46.5. The highest BCUT2D eigenvalue weighted by molar-refractivity contribution is 6.03. The summed E-state index contributed by atoms with van der Waals surface area (Å²) in [6.07, 6.45) is -5.62. The molecule has 1 aliphatic heterocycles. The van der Waals surface area contributed by atoms with Crippen molar-refractivity contribution in [2.75, 3.05) is 18.0 Å². The van der Waals surface area contributed by atoms with Crippen LogP contribution in [-0.2, 0) is 20.6 Å². The number of imide groups is 1. The summed E-state index contributed by atoms with van der Waals surface area (Å²) in [6.45, 7) is 4.84. The van der Waals surface area contributed by atoms with Crippen LogP contribution in [0.1, 0.15) is 42.6 Å². The largest absolute Gasteiger partial charge is 0.422 e. The average molecular weight is 426 g/mol. The predicted molar refractivity (Wildman–Crippen MR) is 97.5 cm³/mol. The van der Waals surface area contributed by atoms with Crippen molar-refractivity contribution >= 4 is 34.4 Å². The van der Waals surface area contributed by atoms with E-state index in [4.69, 9.17) is 4.42 Å². The molecule has 0 aliphatic carbocycles. The summed E-state index contributed by atoms with van der Waals surface area (Å²) >= 11 is 0. The SMILES string of the molecule is CCN(CC)c1ccc2c(C(F)(F)F)c(C(=O)ON3C(=O)CCC3=O)c(=O)oc2c1. The van der Waals surface area contributed by atoms with Crippen LogP contribution in [0.5, 0.6) is 0 Å². The van der Waals surface area contributed by atoms with Gasteiger partial charge in [0.25, 0.3) is 11.8 Å². The van der Waals surface area contributed by atoms with E-state index in [-0.39, 0.29) is 23.5 Å². The second kappa shape index (κ2) is 7.81. The minimum absolute atomic E-state index is 0.0651. The van der Waals surface area contributed by atoms with Crippen molar-refractivity contribution in [1.29, 1.82) is 0 Å². The normalized spacial score (nSPS) is 14.5. The summed E-state index contributed by atoms with van der Waals surface area (Å²) in [5.41, 5.74) is -4.40. The van der Waals surface area contributed by atoms with Gasteiger partial charge >= 0.3 is 17.8 Å². The Bertz CT molecular complexity index is 1070. The molecular weight excluding hydrogens is 409 g/mol. The Balaban J connectivity index is 2.17. The zero-order valence-electron chi connectivity index (χ0n) is 16.0. The van der Waals surface area contributed by atoms with E-state index < -0.39 is 46.1 Å². The van der Waals surface area contributed by atoms with Crippen molar-refractivity contribution in [2.45, 2.75) is 32.9 Å². The highest BCUT2D eigenvalue weighted by Gasteiger charge is 2.42. The van der Waals surface area contributed by atoms with Crippen LogP contribution >= 0.6 is 0 Å². The summed E-state index contributed by atoms with van der Waals surface area (Å²) in [5, 5.41) is -0.459. The lowest BCUT2D eigenvalue weighted by Gasteiger charge is -2.22. The third-order valence-electron chi connectivity index (χ3n) is 4.69. The molecule has 1 aromatic heterocycles. The molecular formula is C19H17F3N2O6. The fourth-order valence-electron chi connectivity index (χ4n) is 3.24. The van der Waals surface area contributed by atoms with Crippen LogP contribution in [0.3, 0.4) is 0 Å². The standard InChI is InChI=1S/C19H17F3N2O6/c1-3-23(4-2)10-5-6-11-12(9-10)29-17(27)15(16(11)19(20,21)22)18(28)30-24-13(25)7-8-14(24)26/h5-6,9H,3-4,7-8H2,1-2H3. The average Bonchev–Trinajstić information content (AvgIpc) is 2.98. The number of hydrogen-bond donors (Lipinski definition) is 0. The molecule has 0 atom stereocenters. The number of amides is 2. The molecule has 2 aromatic rings. The van der Waals surface area contributed by atoms with Crippen molar-refractivity contribution in [3.8, 4) is 0 Å². The van der Waals surface area contributed by atoms with Crippen LogP contribution in [0.15, 0.2) is 27.4 Å². The molecule has 0 radical (unpaired) electrons. The van der Waals surface area contributed by atoms with Gasteiger partial charge in [-0.25, -0.2) is 9.59 Å². The highest BCUT2D eigenvalue weighted by atomic mass is 19.4. The van der Waals surface area contributed by atoms with E-state index in [1.54, 1.807) is 0 Å². The number of halogens is 3. The fourth-order valence-corrected chi connectivity index (χ4v) is 3.24. The molecule has 160 valence electrons. The molecule has 0 N–H and O–H groups in total. The minimum atomic E-state index is -5.11. The molecule has 8 nitrogen and oxygen atoms in total. The first-order chi connectivity index (χ1) is 14.1. The van der Waals surface area contributed by atoms with E-state index in [2.05, 4.69) is 4.84 Å². The van der Waals surface area contributed by atoms with E-state index in [0.29, 0.717) is 18.8 Å². The molecule has 0 spiro atoms. The van der Waals surface area contributed by atoms with Gasteiger partial charge in [0.2, 0.25) is 0 Å². The molecule has 1 fully saturated rings. The van der Waals surface area contributed by atoms with Gasteiger partial charge < -0.3 is 14.2 Å². The van der Waals surface area contributed by atoms with Gasteiger partial charge in [-0.2, -0.15) is 13.2 Å². The van der Waals surface area contributed by atoms with Crippen molar-refractivity contribution in [3.63, 3.8) is 0 Å². The maximum Gasteiger partial charge on any atom is 0.418 e. The number of nitrogens with zero attached hydrogens (tertiary/aromatic N) is 2. The summed E-state index contributed by atoms with van der Waals surface area (Å²) in [7, 11) is 0. The maximum atomic E-state index is 13.8. The molecule has 2 amide bonds. The van der Waals surface area contributed by atoms with Gasteiger partial charge in [-0.3, -0.25) is 9.59 Å².